The molecule has 0 saturated heterocycles. The molecule has 1 amide bonds. The van der Waals surface area contributed by atoms with E-state index in [0.29, 0.717) is 18.5 Å². The van der Waals surface area contributed by atoms with Crippen molar-refractivity contribution >= 4 is 21.8 Å². The van der Waals surface area contributed by atoms with Crippen LogP contribution in [0.25, 0.3) is 0 Å². The summed E-state index contributed by atoms with van der Waals surface area (Å²) in [6.07, 6.45) is 2.10. The van der Waals surface area contributed by atoms with E-state index in [2.05, 4.69) is 35.1 Å². The highest BCUT2D eigenvalue weighted by Crippen LogP contribution is 2.25. The second kappa shape index (κ2) is 7.74. The first-order chi connectivity index (χ1) is 9.34. The molecule has 5 heteroatoms. The topological polar surface area (TPSA) is 55.1 Å². The molecular formula is C15H22BrFN2O. The standard InChI is InChI=1S/C15H22BrFN2O/c1-15(2,7-8-18)6-5-14(20)19-10-11-9-12(16)3-4-13(11)17/h3-4,9H,5-8,10,18H2,1-2H3,(H,19,20). The lowest BCUT2D eigenvalue weighted by atomic mass is 9.84. The maximum Gasteiger partial charge on any atom is 0.220 e. The third-order valence-corrected chi connectivity index (χ3v) is 3.83. The minimum absolute atomic E-state index is 0.0607. The molecular weight excluding hydrogens is 323 g/mol. The number of nitrogens with two attached hydrogens (primary N) is 1. The molecule has 0 bridgehead atoms. The lowest BCUT2D eigenvalue weighted by Gasteiger charge is -2.23. The minimum atomic E-state index is -0.308. The van der Waals surface area contributed by atoms with Gasteiger partial charge in [0.25, 0.3) is 0 Å². The van der Waals surface area contributed by atoms with Crippen LogP contribution in [0, 0.1) is 11.2 Å². The summed E-state index contributed by atoms with van der Waals surface area (Å²) >= 11 is 3.29. The smallest absolute Gasteiger partial charge is 0.220 e. The summed E-state index contributed by atoms with van der Waals surface area (Å²) in [5, 5.41) is 2.75. The van der Waals surface area contributed by atoms with Crippen molar-refractivity contribution in [2.45, 2.75) is 39.7 Å². The van der Waals surface area contributed by atoms with Crippen LogP contribution in [0.4, 0.5) is 4.39 Å². The van der Waals surface area contributed by atoms with Gasteiger partial charge in [0.1, 0.15) is 5.82 Å². The van der Waals surface area contributed by atoms with Crippen LogP contribution in [0.1, 0.15) is 38.7 Å². The molecule has 0 aromatic heterocycles. The molecule has 112 valence electrons. The predicted octanol–water partition coefficient (Wildman–Crippen LogP) is 3.36. The Balaban J connectivity index is 2.42. The van der Waals surface area contributed by atoms with Crippen LogP contribution in [0.2, 0.25) is 0 Å². The lowest BCUT2D eigenvalue weighted by molar-refractivity contribution is -0.121. The second-order valence-corrected chi connectivity index (χ2v) is 6.63. The van der Waals surface area contributed by atoms with Crippen LogP contribution < -0.4 is 11.1 Å². The first-order valence-electron chi connectivity index (χ1n) is 6.75. The van der Waals surface area contributed by atoms with E-state index in [1.165, 1.54) is 6.07 Å². The first kappa shape index (κ1) is 17.1. The number of carbonyl (C=O) groups excluding carboxylic acids is 1. The van der Waals surface area contributed by atoms with Crippen LogP contribution >= 0.6 is 15.9 Å². The zero-order valence-corrected chi connectivity index (χ0v) is 13.6. The zero-order chi connectivity index (χ0) is 15.2. The largest absolute Gasteiger partial charge is 0.352 e. The Hall–Kier alpha value is -0.940. The maximum absolute atomic E-state index is 13.5. The monoisotopic (exact) mass is 344 g/mol. The normalized spacial score (nSPS) is 11.4. The number of halogens is 2. The Morgan fingerprint density at radius 1 is 1.40 bits per heavy atom. The highest BCUT2D eigenvalue weighted by molar-refractivity contribution is 9.10. The van der Waals surface area contributed by atoms with Crippen LogP contribution in [-0.2, 0) is 11.3 Å². The van der Waals surface area contributed by atoms with Crippen LogP contribution in [0.15, 0.2) is 22.7 Å². The molecule has 0 radical (unpaired) electrons. The highest BCUT2D eigenvalue weighted by atomic mass is 79.9. The Morgan fingerprint density at radius 2 is 2.10 bits per heavy atom. The average Bonchev–Trinajstić information content (AvgIpc) is 2.37. The van der Waals surface area contributed by atoms with Crippen molar-refractivity contribution in [2.24, 2.45) is 11.1 Å². The molecule has 0 spiro atoms. The van der Waals surface area contributed by atoms with Gasteiger partial charge in [-0.1, -0.05) is 29.8 Å². The van der Waals surface area contributed by atoms with E-state index < -0.39 is 0 Å². The van der Waals surface area contributed by atoms with E-state index in [4.69, 9.17) is 5.73 Å². The Kier molecular flexibility index (Phi) is 6.62. The van der Waals surface area contributed by atoms with Crippen LogP contribution in [-0.4, -0.2) is 12.5 Å². The van der Waals surface area contributed by atoms with Gasteiger partial charge >= 0.3 is 0 Å². The molecule has 1 rings (SSSR count). The average molecular weight is 345 g/mol. The summed E-state index contributed by atoms with van der Waals surface area (Å²) in [6.45, 7) is 5.03. The first-order valence-corrected chi connectivity index (χ1v) is 7.54. The molecule has 1 aromatic rings. The van der Waals surface area contributed by atoms with Gasteiger partial charge in [0.15, 0.2) is 0 Å². The van der Waals surface area contributed by atoms with E-state index >= 15 is 0 Å². The maximum atomic E-state index is 13.5. The summed E-state index contributed by atoms with van der Waals surface area (Å²) in [5.41, 5.74) is 6.08. The number of hydrogen-bond acceptors (Lipinski definition) is 2. The number of hydrogen-bond donors (Lipinski definition) is 2. The van der Waals surface area contributed by atoms with Gasteiger partial charge in [-0.2, -0.15) is 0 Å². The van der Waals surface area contributed by atoms with Crippen LogP contribution in [0.5, 0.6) is 0 Å². The summed E-state index contributed by atoms with van der Waals surface area (Å²) in [7, 11) is 0. The van der Waals surface area contributed by atoms with E-state index in [9.17, 15) is 9.18 Å². The van der Waals surface area contributed by atoms with E-state index in [1.807, 2.05) is 0 Å². The van der Waals surface area contributed by atoms with Crippen molar-refractivity contribution in [3.05, 3.63) is 34.1 Å². The molecule has 0 aliphatic carbocycles. The van der Waals surface area contributed by atoms with Gasteiger partial charge in [-0.05, 0) is 43.0 Å². The molecule has 0 heterocycles. The molecule has 3 N–H and O–H groups in total. The summed E-state index contributed by atoms with van der Waals surface area (Å²) in [5.74, 6) is -0.369. The molecule has 20 heavy (non-hydrogen) atoms. The minimum Gasteiger partial charge on any atom is -0.352 e. The third-order valence-electron chi connectivity index (χ3n) is 3.33. The zero-order valence-electron chi connectivity index (χ0n) is 12.0. The Labute approximate surface area is 128 Å². The highest BCUT2D eigenvalue weighted by Gasteiger charge is 2.18. The molecule has 0 fully saturated rings. The van der Waals surface area contributed by atoms with Gasteiger partial charge in [0, 0.05) is 23.0 Å². The predicted molar refractivity (Wildman–Crippen MR) is 82.6 cm³/mol. The fraction of sp³-hybridized carbons (Fsp3) is 0.533. The molecule has 3 nitrogen and oxygen atoms in total. The molecule has 0 saturated carbocycles. The van der Waals surface area contributed by atoms with Crippen molar-refractivity contribution < 1.29 is 9.18 Å². The van der Waals surface area contributed by atoms with Gasteiger partial charge in [0.2, 0.25) is 5.91 Å². The molecule has 0 unspecified atom stereocenters. The number of carbonyl (C=O) groups is 1. The van der Waals surface area contributed by atoms with Crippen molar-refractivity contribution in [3.63, 3.8) is 0 Å². The Bertz CT molecular complexity index is 463. The number of benzene rings is 1. The summed E-state index contributed by atoms with van der Waals surface area (Å²) < 4.78 is 14.3. The molecule has 0 aliphatic heterocycles. The van der Waals surface area contributed by atoms with Crippen molar-refractivity contribution in [1.82, 2.24) is 5.32 Å². The van der Waals surface area contributed by atoms with Gasteiger partial charge in [-0.3, -0.25) is 4.79 Å². The molecule has 0 aliphatic rings. The van der Waals surface area contributed by atoms with E-state index in [1.54, 1.807) is 12.1 Å². The van der Waals surface area contributed by atoms with Gasteiger partial charge in [0.05, 0.1) is 0 Å². The summed E-state index contributed by atoms with van der Waals surface area (Å²) in [6, 6.07) is 4.69. The van der Waals surface area contributed by atoms with E-state index in [0.717, 1.165) is 17.3 Å². The number of nitrogens with one attached hydrogen (secondary N) is 1. The third kappa shape index (κ3) is 6.01. The van der Waals surface area contributed by atoms with Gasteiger partial charge in [-0.25, -0.2) is 4.39 Å². The lowest BCUT2D eigenvalue weighted by Crippen LogP contribution is -2.26. The second-order valence-electron chi connectivity index (χ2n) is 5.72. The van der Waals surface area contributed by atoms with Crippen molar-refractivity contribution in [3.8, 4) is 0 Å². The fourth-order valence-corrected chi connectivity index (χ4v) is 2.34. The van der Waals surface area contributed by atoms with Crippen molar-refractivity contribution in [2.75, 3.05) is 6.54 Å². The van der Waals surface area contributed by atoms with Gasteiger partial charge < -0.3 is 11.1 Å². The molecule has 1 aromatic carbocycles. The fourth-order valence-electron chi connectivity index (χ4n) is 1.93. The SMILES string of the molecule is CC(C)(CCN)CCC(=O)NCc1cc(Br)ccc1F. The Morgan fingerprint density at radius 3 is 2.75 bits per heavy atom. The quantitative estimate of drug-likeness (QED) is 0.796. The summed E-state index contributed by atoms with van der Waals surface area (Å²) in [4.78, 5) is 11.8. The number of rotatable bonds is 7. The van der Waals surface area contributed by atoms with Crippen LogP contribution in [0.3, 0.4) is 0 Å². The van der Waals surface area contributed by atoms with Crippen molar-refractivity contribution in [1.29, 1.82) is 0 Å². The number of amides is 1. The van der Waals surface area contributed by atoms with E-state index in [-0.39, 0.29) is 23.7 Å². The molecule has 0 atom stereocenters. The van der Waals surface area contributed by atoms with Gasteiger partial charge in [-0.15, -0.1) is 0 Å².